The Balaban J connectivity index is 2.14. The molecule has 28 heavy (non-hydrogen) atoms. The Morgan fingerprint density at radius 3 is 2.64 bits per heavy atom. The number of carbonyl (C=O) groups is 1. The van der Waals surface area contributed by atoms with Crippen LogP contribution in [0.5, 0.6) is 5.75 Å². The van der Waals surface area contributed by atoms with E-state index >= 15 is 0 Å². The van der Waals surface area contributed by atoms with Gasteiger partial charge in [-0.1, -0.05) is 24.3 Å². The van der Waals surface area contributed by atoms with Crippen molar-refractivity contribution in [3.05, 3.63) is 64.8 Å². The van der Waals surface area contributed by atoms with Gasteiger partial charge in [-0.25, -0.2) is 4.79 Å². The Bertz CT molecular complexity index is 978. The highest BCUT2D eigenvalue weighted by molar-refractivity contribution is 5.98. The SMILES string of the molecule is COCCNCc1c(C(=O)O)n(Cc2ccccc2C)c2cc(OC)ccc12. The number of aromatic nitrogens is 1. The van der Waals surface area contributed by atoms with Crippen LogP contribution in [0.1, 0.15) is 27.2 Å². The monoisotopic (exact) mass is 382 g/mol. The average Bonchev–Trinajstić information content (AvgIpc) is 3.00. The summed E-state index contributed by atoms with van der Waals surface area (Å²) >= 11 is 0. The van der Waals surface area contributed by atoms with Crippen molar-refractivity contribution in [1.29, 1.82) is 0 Å². The van der Waals surface area contributed by atoms with Crippen molar-refractivity contribution in [2.75, 3.05) is 27.4 Å². The molecule has 0 aliphatic carbocycles. The second kappa shape index (κ2) is 8.91. The molecule has 0 saturated carbocycles. The Morgan fingerprint density at radius 2 is 1.96 bits per heavy atom. The number of fused-ring (bicyclic) bond motifs is 1. The zero-order valence-corrected chi connectivity index (χ0v) is 16.5. The van der Waals surface area contributed by atoms with Crippen LogP contribution in [0.3, 0.4) is 0 Å². The number of benzene rings is 2. The van der Waals surface area contributed by atoms with Crippen LogP contribution in [0.2, 0.25) is 0 Å². The number of nitrogens with zero attached hydrogens (tertiary/aromatic N) is 1. The van der Waals surface area contributed by atoms with E-state index in [1.807, 2.05) is 54.0 Å². The molecule has 6 nitrogen and oxygen atoms in total. The number of carboxylic acid groups (broad SMARTS) is 1. The minimum atomic E-state index is -0.938. The van der Waals surface area contributed by atoms with Gasteiger partial charge in [0.15, 0.2) is 0 Å². The minimum absolute atomic E-state index is 0.302. The first-order valence-corrected chi connectivity index (χ1v) is 9.23. The molecule has 0 atom stereocenters. The van der Waals surface area contributed by atoms with Crippen LogP contribution in [0.15, 0.2) is 42.5 Å². The highest BCUT2D eigenvalue weighted by atomic mass is 16.5. The van der Waals surface area contributed by atoms with Crippen molar-refractivity contribution in [2.45, 2.75) is 20.0 Å². The summed E-state index contributed by atoms with van der Waals surface area (Å²) in [6.07, 6.45) is 0. The lowest BCUT2D eigenvalue weighted by molar-refractivity contribution is 0.0684. The van der Waals surface area contributed by atoms with Gasteiger partial charge >= 0.3 is 5.97 Å². The van der Waals surface area contributed by atoms with Gasteiger partial charge in [-0.3, -0.25) is 0 Å². The second-order valence-corrected chi connectivity index (χ2v) is 6.70. The van der Waals surface area contributed by atoms with E-state index in [4.69, 9.17) is 9.47 Å². The van der Waals surface area contributed by atoms with E-state index in [2.05, 4.69) is 5.32 Å². The van der Waals surface area contributed by atoms with Gasteiger partial charge in [0.25, 0.3) is 0 Å². The van der Waals surface area contributed by atoms with Crippen LogP contribution in [0.25, 0.3) is 10.9 Å². The fourth-order valence-corrected chi connectivity index (χ4v) is 3.46. The Labute approximate surface area is 164 Å². The maximum Gasteiger partial charge on any atom is 0.352 e. The van der Waals surface area contributed by atoms with Crippen molar-refractivity contribution >= 4 is 16.9 Å². The van der Waals surface area contributed by atoms with Crippen LogP contribution in [-0.2, 0) is 17.8 Å². The zero-order chi connectivity index (χ0) is 20.1. The van der Waals surface area contributed by atoms with Gasteiger partial charge in [-0.15, -0.1) is 0 Å². The number of hydrogen-bond donors (Lipinski definition) is 2. The summed E-state index contributed by atoms with van der Waals surface area (Å²) in [7, 11) is 3.26. The van der Waals surface area contributed by atoms with Crippen molar-refractivity contribution in [1.82, 2.24) is 9.88 Å². The number of nitrogens with one attached hydrogen (secondary N) is 1. The normalized spacial score (nSPS) is 11.1. The lowest BCUT2D eigenvalue weighted by Crippen LogP contribution is -2.20. The molecular weight excluding hydrogens is 356 g/mol. The van der Waals surface area contributed by atoms with Crippen LogP contribution in [0.4, 0.5) is 0 Å². The molecule has 0 radical (unpaired) electrons. The predicted octanol–water partition coefficient (Wildman–Crippen LogP) is 3.44. The van der Waals surface area contributed by atoms with E-state index in [9.17, 15) is 9.90 Å². The topological polar surface area (TPSA) is 72.7 Å². The van der Waals surface area contributed by atoms with Crippen LogP contribution < -0.4 is 10.1 Å². The molecule has 6 heteroatoms. The van der Waals surface area contributed by atoms with E-state index in [1.54, 1.807) is 14.2 Å². The molecule has 3 rings (SSSR count). The third kappa shape index (κ3) is 4.03. The molecule has 1 heterocycles. The number of ether oxygens (including phenoxy) is 2. The van der Waals surface area contributed by atoms with Crippen molar-refractivity contribution < 1.29 is 19.4 Å². The summed E-state index contributed by atoms with van der Waals surface area (Å²) in [6, 6.07) is 13.7. The molecule has 0 bridgehead atoms. The molecule has 148 valence electrons. The number of methoxy groups -OCH3 is 2. The zero-order valence-electron chi connectivity index (χ0n) is 16.5. The molecule has 0 unspecified atom stereocenters. The van der Waals surface area contributed by atoms with E-state index in [-0.39, 0.29) is 0 Å². The van der Waals surface area contributed by atoms with Crippen LogP contribution in [-0.4, -0.2) is 43.0 Å². The van der Waals surface area contributed by atoms with Crippen molar-refractivity contribution in [3.8, 4) is 5.75 Å². The van der Waals surface area contributed by atoms with Crippen molar-refractivity contribution in [2.24, 2.45) is 0 Å². The first-order chi connectivity index (χ1) is 13.6. The average molecular weight is 382 g/mol. The summed E-state index contributed by atoms with van der Waals surface area (Å²) in [6.45, 7) is 4.19. The molecule has 0 spiro atoms. The quantitative estimate of drug-likeness (QED) is 0.555. The lowest BCUT2D eigenvalue weighted by Gasteiger charge is -2.12. The molecule has 2 N–H and O–H groups in total. The number of aromatic carboxylic acids is 1. The molecule has 2 aromatic carbocycles. The van der Waals surface area contributed by atoms with E-state index in [0.29, 0.717) is 37.7 Å². The Hall–Kier alpha value is -2.83. The van der Waals surface area contributed by atoms with Gasteiger partial charge in [0, 0.05) is 43.8 Å². The highest BCUT2D eigenvalue weighted by Gasteiger charge is 2.23. The van der Waals surface area contributed by atoms with Gasteiger partial charge in [0.2, 0.25) is 0 Å². The molecule has 1 aromatic heterocycles. The number of aryl methyl sites for hydroxylation is 1. The molecule has 0 aliphatic heterocycles. The first-order valence-electron chi connectivity index (χ1n) is 9.23. The summed E-state index contributed by atoms with van der Waals surface area (Å²) in [4.78, 5) is 12.2. The van der Waals surface area contributed by atoms with E-state index < -0.39 is 5.97 Å². The third-order valence-electron chi connectivity index (χ3n) is 4.95. The van der Waals surface area contributed by atoms with Crippen LogP contribution >= 0.6 is 0 Å². The molecular formula is C22H26N2O4. The summed E-state index contributed by atoms with van der Waals surface area (Å²) in [5.41, 5.74) is 4.14. The summed E-state index contributed by atoms with van der Waals surface area (Å²) < 4.78 is 12.3. The molecule has 3 aromatic rings. The maximum absolute atomic E-state index is 12.2. The fraction of sp³-hybridized carbons (Fsp3) is 0.318. The molecule has 0 saturated heterocycles. The largest absolute Gasteiger partial charge is 0.497 e. The maximum atomic E-state index is 12.2. The Morgan fingerprint density at radius 1 is 1.18 bits per heavy atom. The van der Waals surface area contributed by atoms with Gasteiger partial charge in [0.05, 0.1) is 19.2 Å². The van der Waals surface area contributed by atoms with Gasteiger partial charge in [0.1, 0.15) is 11.4 Å². The number of hydrogen-bond acceptors (Lipinski definition) is 4. The van der Waals surface area contributed by atoms with Crippen molar-refractivity contribution in [3.63, 3.8) is 0 Å². The Kier molecular flexibility index (Phi) is 6.34. The highest BCUT2D eigenvalue weighted by Crippen LogP contribution is 2.31. The van der Waals surface area contributed by atoms with Gasteiger partial charge in [-0.2, -0.15) is 0 Å². The molecule has 0 fully saturated rings. The standard InChI is InChI=1S/C22H26N2O4/c1-15-6-4-5-7-16(15)14-24-20-12-17(28-3)8-9-18(20)19(21(24)22(25)26)13-23-10-11-27-2/h4-9,12,23H,10-11,13-14H2,1-3H3,(H,25,26). The first kappa shape index (κ1) is 19.9. The second-order valence-electron chi connectivity index (χ2n) is 6.70. The predicted molar refractivity (Wildman–Crippen MR) is 109 cm³/mol. The van der Waals surface area contributed by atoms with Gasteiger partial charge in [-0.05, 0) is 30.2 Å². The minimum Gasteiger partial charge on any atom is -0.497 e. The van der Waals surface area contributed by atoms with Gasteiger partial charge < -0.3 is 24.5 Å². The fourth-order valence-electron chi connectivity index (χ4n) is 3.46. The van der Waals surface area contributed by atoms with Crippen LogP contribution in [0, 0.1) is 6.92 Å². The number of carboxylic acids is 1. The summed E-state index contributed by atoms with van der Waals surface area (Å²) in [5, 5.41) is 14.2. The smallest absolute Gasteiger partial charge is 0.352 e. The van der Waals surface area contributed by atoms with E-state index in [0.717, 1.165) is 27.6 Å². The third-order valence-corrected chi connectivity index (χ3v) is 4.95. The number of rotatable bonds is 9. The van der Waals surface area contributed by atoms with E-state index in [1.165, 1.54) is 0 Å². The summed E-state index contributed by atoms with van der Waals surface area (Å²) in [5.74, 6) is -0.237. The molecule has 0 amide bonds. The molecule has 0 aliphatic rings. The lowest BCUT2D eigenvalue weighted by atomic mass is 10.1.